The molecule has 0 fully saturated rings. The first-order valence-corrected chi connectivity index (χ1v) is 10.6. The van der Waals surface area contributed by atoms with Crippen LogP contribution in [0, 0.1) is 0 Å². The van der Waals surface area contributed by atoms with E-state index in [1.54, 1.807) is 22.4 Å². The van der Waals surface area contributed by atoms with E-state index in [0.29, 0.717) is 27.6 Å². The molecule has 4 rings (SSSR count). The lowest BCUT2D eigenvalue weighted by atomic mass is 10.1. The molecule has 0 atom stereocenters. The molecule has 2 heterocycles. The fourth-order valence-corrected chi connectivity index (χ4v) is 4.01. The zero-order valence-electron chi connectivity index (χ0n) is 16.4. The molecule has 8 heteroatoms. The Labute approximate surface area is 172 Å². The molecule has 4 aromatic rings. The zero-order valence-corrected chi connectivity index (χ0v) is 17.3. The van der Waals surface area contributed by atoms with Gasteiger partial charge in [-0.15, -0.1) is 5.10 Å². The average molecular weight is 407 g/mol. The number of unbranched alkanes of at least 4 members (excludes halogenated alkanes) is 1. The van der Waals surface area contributed by atoms with Crippen LogP contribution in [0.1, 0.15) is 31.2 Å². The maximum atomic E-state index is 12.6. The van der Waals surface area contributed by atoms with Gasteiger partial charge in [-0.2, -0.15) is 4.68 Å². The second kappa shape index (κ2) is 8.57. The summed E-state index contributed by atoms with van der Waals surface area (Å²) in [5, 5.41) is 13.4. The molecule has 0 aliphatic rings. The topological polar surface area (TPSA) is 78.5 Å². The molecule has 7 nitrogen and oxygen atoms in total. The van der Waals surface area contributed by atoms with Crippen molar-refractivity contribution in [3.05, 3.63) is 70.3 Å². The number of aryl methyl sites for hydroxylation is 1. The van der Waals surface area contributed by atoms with Crippen LogP contribution in [-0.4, -0.2) is 29.8 Å². The lowest BCUT2D eigenvalue weighted by Crippen LogP contribution is -2.22. The van der Waals surface area contributed by atoms with Gasteiger partial charge in [0.25, 0.3) is 5.56 Å². The van der Waals surface area contributed by atoms with Gasteiger partial charge < -0.3 is 0 Å². The van der Waals surface area contributed by atoms with Crippen LogP contribution < -0.4 is 5.56 Å². The summed E-state index contributed by atoms with van der Waals surface area (Å²) in [6, 6.07) is 15.7. The van der Waals surface area contributed by atoms with Crippen LogP contribution in [0.25, 0.3) is 16.6 Å². The molecule has 0 bridgehead atoms. The summed E-state index contributed by atoms with van der Waals surface area (Å²) in [5.74, 6) is 1.18. The number of hydrogen-bond donors (Lipinski definition) is 0. The van der Waals surface area contributed by atoms with Crippen molar-refractivity contribution in [2.24, 2.45) is 7.05 Å². The molecule has 0 radical (unpaired) electrons. The maximum absolute atomic E-state index is 12.6. The molecule has 0 saturated heterocycles. The van der Waals surface area contributed by atoms with E-state index in [0.717, 1.165) is 12.1 Å². The second-order valence-corrected chi connectivity index (χ2v) is 7.78. The van der Waals surface area contributed by atoms with Crippen LogP contribution in [-0.2, 0) is 19.2 Å². The number of hydrogen-bond acceptors (Lipinski definition) is 6. The fraction of sp³-hybridized carbons (Fsp3) is 0.286. The molecular formula is C21H22N6OS. The molecule has 0 unspecified atom stereocenters. The maximum Gasteiger partial charge on any atom is 0.261 e. The molecule has 0 saturated carbocycles. The van der Waals surface area contributed by atoms with E-state index in [-0.39, 0.29) is 5.56 Å². The monoisotopic (exact) mass is 406 g/mol. The quantitative estimate of drug-likeness (QED) is 0.437. The highest BCUT2D eigenvalue weighted by molar-refractivity contribution is 7.98. The molecule has 2 aromatic carbocycles. The standard InChI is InChI=1S/C21H22N6OS/c1-3-4-7-15-10-12-16(13-11-15)27-21(23-24-25-27)29-14-19-22-18-9-6-5-8-17(18)20(28)26(19)2/h5-6,8-13H,3-4,7,14H2,1-2H3. The van der Waals surface area contributed by atoms with Crippen LogP contribution in [0.15, 0.2) is 58.5 Å². The van der Waals surface area contributed by atoms with Crippen LogP contribution in [0.3, 0.4) is 0 Å². The Balaban J connectivity index is 1.55. The largest absolute Gasteiger partial charge is 0.299 e. The SMILES string of the molecule is CCCCc1ccc(-n2nnnc2SCc2nc3ccccc3c(=O)n2C)cc1. The van der Waals surface area contributed by atoms with Crippen molar-refractivity contribution in [1.82, 2.24) is 29.8 Å². The first-order valence-electron chi connectivity index (χ1n) is 9.62. The predicted molar refractivity (Wildman–Crippen MR) is 114 cm³/mol. The van der Waals surface area contributed by atoms with Crippen molar-refractivity contribution in [2.45, 2.75) is 37.1 Å². The number of tetrazole rings is 1. The molecule has 0 aliphatic carbocycles. The minimum absolute atomic E-state index is 0.0477. The molecule has 148 valence electrons. The van der Waals surface area contributed by atoms with Crippen LogP contribution in [0.4, 0.5) is 0 Å². The van der Waals surface area contributed by atoms with Gasteiger partial charge in [0.1, 0.15) is 5.82 Å². The van der Waals surface area contributed by atoms with E-state index in [4.69, 9.17) is 0 Å². The fourth-order valence-electron chi connectivity index (χ4n) is 3.14. The molecule has 2 aromatic heterocycles. The van der Waals surface area contributed by atoms with E-state index in [1.165, 1.54) is 30.2 Å². The Hall–Kier alpha value is -3.00. The Morgan fingerprint density at radius 2 is 1.86 bits per heavy atom. The Morgan fingerprint density at radius 3 is 2.66 bits per heavy atom. The number of fused-ring (bicyclic) bond motifs is 1. The van der Waals surface area contributed by atoms with Crippen molar-refractivity contribution in [2.75, 3.05) is 0 Å². The zero-order chi connectivity index (χ0) is 20.2. The van der Waals surface area contributed by atoms with Crippen LogP contribution in [0.2, 0.25) is 0 Å². The van der Waals surface area contributed by atoms with E-state index < -0.39 is 0 Å². The molecule has 29 heavy (non-hydrogen) atoms. The van der Waals surface area contributed by atoms with Gasteiger partial charge in [0.05, 0.1) is 22.3 Å². The summed E-state index contributed by atoms with van der Waals surface area (Å²) in [5.41, 5.74) is 2.88. The van der Waals surface area contributed by atoms with E-state index in [9.17, 15) is 4.79 Å². The molecule has 0 amide bonds. The van der Waals surface area contributed by atoms with E-state index in [1.807, 2.05) is 30.3 Å². The summed E-state index contributed by atoms with van der Waals surface area (Å²) < 4.78 is 3.30. The van der Waals surface area contributed by atoms with Crippen molar-refractivity contribution in [3.63, 3.8) is 0 Å². The summed E-state index contributed by atoms with van der Waals surface area (Å²) in [6.07, 6.45) is 3.44. The molecule has 0 N–H and O–H groups in total. The minimum atomic E-state index is -0.0477. The Kier molecular flexibility index (Phi) is 5.71. The number of aromatic nitrogens is 6. The van der Waals surface area contributed by atoms with Crippen molar-refractivity contribution in [1.29, 1.82) is 0 Å². The van der Waals surface area contributed by atoms with Gasteiger partial charge in [0.2, 0.25) is 5.16 Å². The Morgan fingerprint density at radius 1 is 1.07 bits per heavy atom. The van der Waals surface area contributed by atoms with Gasteiger partial charge in [-0.05, 0) is 53.1 Å². The number of benzene rings is 2. The average Bonchev–Trinajstić information content (AvgIpc) is 3.23. The van der Waals surface area contributed by atoms with Crippen LogP contribution in [0.5, 0.6) is 0 Å². The lowest BCUT2D eigenvalue weighted by Gasteiger charge is -2.09. The number of thioether (sulfide) groups is 1. The number of rotatable bonds is 7. The molecule has 0 aliphatic heterocycles. The molecule has 0 spiro atoms. The predicted octanol–water partition coefficient (Wildman–Crippen LogP) is 3.54. The summed E-state index contributed by atoms with van der Waals surface area (Å²) >= 11 is 1.46. The van der Waals surface area contributed by atoms with Gasteiger partial charge in [-0.3, -0.25) is 9.36 Å². The van der Waals surface area contributed by atoms with Gasteiger partial charge in [-0.25, -0.2) is 4.98 Å². The Bertz CT molecular complexity index is 1180. The third-order valence-electron chi connectivity index (χ3n) is 4.85. The lowest BCUT2D eigenvalue weighted by molar-refractivity contribution is 0.751. The van der Waals surface area contributed by atoms with Gasteiger partial charge in [-0.1, -0.05) is 49.4 Å². The van der Waals surface area contributed by atoms with Gasteiger partial charge in [0.15, 0.2) is 0 Å². The number of para-hydroxylation sites is 1. The molecular weight excluding hydrogens is 384 g/mol. The second-order valence-electron chi connectivity index (χ2n) is 6.84. The van der Waals surface area contributed by atoms with Crippen molar-refractivity contribution >= 4 is 22.7 Å². The van der Waals surface area contributed by atoms with E-state index in [2.05, 4.69) is 39.6 Å². The van der Waals surface area contributed by atoms with Gasteiger partial charge in [0, 0.05) is 7.05 Å². The summed E-state index contributed by atoms with van der Waals surface area (Å²) in [6.45, 7) is 2.19. The number of nitrogens with zero attached hydrogens (tertiary/aromatic N) is 6. The summed E-state index contributed by atoms with van der Waals surface area (Å²) in [4.78, 5) is 17.2. The third-order valence-corrected chi connectivity index (χ3v) is 5.76. The van der Waals surface area contributed by atoms with Crippen molar-refractivity contribution < 1.29 is 0 Å². The summed E-state index contributed by atoms with van der Waals surface area (Å²) in [7, 11) is 1.75. The van der Waals surface area contributed by atoms with Crippen LogP contribution >= 0.6 is 11.8 Å². The third kappa shape index (κ3) is 4.07. The highest BCUT2D eigenvalue weighted by Crippen LogP contribution is 2.22. The highest BCUT2D eigenvalue weighted by atomic mass is 32.2. The first-order chi connectivity index (χ1) is 14.2. The first kappa shape index (κ1) is 19.3. The van der Waals surface area contributed by atoms with E-state index >= 15 is 0 Å². The highest BCUT2D eigenvalue weighted by Gasteiger charge is 2.13. The van der Waals surface area contributed by atoms with Crippen molar-refractivity contribution in [3.8, 4) is 5.69 Å². The minimum Gasteiger partial charge on any atom is -0.299 e. The van der Waals surface area contributed by atoms with Gasteiger partial charge >= 0.3 is 0 Å². The smallest absolute Gasteiger partial charge is 0.261 e. The normalized spacial score (nSPS) is 11.2.